The van der Waals surface area contributed by atoms with E-state index in [1.807, 2.05) is 19.3 Å². The third kappa shape index (κ3) is 4.23. The summed E-state index contributed by atoms with van der Waals surface area (Å²) in [6.07, 6.45) is 9.59. The summed E-state index contributed by atoms with van der Waals surface area (Å²) < 4.78 is 16.8. The lowest BCUT2D eigenvalue weighted by atomic mass is 10.0. The number of halogens is 1. The number of rotatable bonds is 6. The highest BCUT2D eigenvalue weighted by molar-refractivity contribution is 7.96. The van der Waals surface area contributed by atoms with Gasteiger partial charge in [-0.15, -0.1) is 0 Å². The molecule has 0 unspecified atom stereocenters. The van der Waals surface area contributed by atoms with Crippen LogP contribution in [0.25, 0.3) is 5.57 Å². The smallest absolute Gasteiger partial charge is 0.102 e. The Kier molecular flexibility index (Phi) is 6.60. The van der Waals surface area contributed by atoms with Crippen LogP contribution >= 0.6 is 11.9 Å². The first-order chi connectivity index (χ1) is 8.70. The van der Waals surface area contributed by atoms with Crippen molar-refractivity contribution in [3.63, 3.8) is 0 Å². The maximum Gasteiger partial charge on any atom is 0.102 e. The fraction of sp³-hybridized carbons (Fsp3) is 0.385. The van der Waals surface area contributed by atoms with E-state index < -0.39 is 0 Å². The van der Waals surface area contributed by atoms with Gasteiger partial charge in [0.05, 0.1) is 11.9 Å². The summed E-state index contributed by atoms with van der Waals surface area (Å²) in [4.78, 5) is 8.28. The van der Waals surface area contributed by atoms with Gasteiger partial charge in [-0.05, 0) is 19.6 Å². The fourth-order valence-corrected chi connectivity index (χ4v) is 1.86. The van der Waals surface area contributed by atoms with E-state index in [0.717, 1.165) is 12.0 Å². The first-order valence-corrected chi connectivity index (χ1v) is 7.01. The molecule has 0 amide bonds. The summed E-state index contributed by atoms with van der Waals surface area (Å²) >= 11 is 1.46. The van der Waals surface area contributed by atoms with Gasteiger partial charge >= 0.3 is 0 Å². The van der Waals surface area contributed by atoms with Crippen LogP contribution in [0.3, 0.4) is 0 Å². The average molecular weight is 267 g/mol. The molecule has 1 aromatic rings. The molecule has 18 heavy (non-hydrogen) atoms. The van der Waals surface area contributed by atoms with E-state index in [-0.39, 0.29) is 5.83 Å². The van der Waals surface area contributed by atoms with Crippen LogP contribution in [-0.2, 0) is 0 Å². The normalized spacial score (nSPS) is 13.4. The van der Waals surface area contributed by atoms with E-state index in [4.69, 9.17) is 0 Å². The van der Waals surface area contributed by atoms with Gasteiger partial charge in [-0.2, -0.15) is 0 Å². The van der Waals surface area contributed by atoms with E-state index in [0.29, 0.717) is 17.8 Å². The maximum atomic E-state index is 13.7. The summed E-state index contributed by atoms with van der Waals surface area (Å²) in [7, 11) is 0. The Morgan fingerprint density at radius 2 is 2.28 bits per heavy atom. The summed E-state index contributed by atoms with van der Waals surface area (Å²) in [5, 5.41) is 0. The van der Waals surface area contributed by atoms with Crippen molar-refractivity contribution in [3.05, 3.63) is 41.8 Å². The van der Waals surface area contributed by atoms with Crippen molar-refractivity contribution >= 4 is 17.5 Å². The van der Waals surface area contributed by atoms with Crippen molar-refractivity contribution in [2.75, 3.05) is 12.8 Å². The number of aromatic nitrogens is 2. The molecule has 1 rings (SSSR count). The molecule has 0 saturated carbocycles. The van der Waals surface area contributed by atoms with Crippen molar-refractivity contribution in [1.29, 1.82) is 0 Å². The van der Waals surface area contributed by atoms with Gasteiger partial charge in [0.15, 0.2) is 0 Å². The maximum absolute atomic E-state index is 13.7. The molecule has 0 spiro atoms. The highest BCUT2D eigenvalue weighted by Gasteiger charge is 2.12. The van der Waals surface area contributed by atoms with Crippen molar-refractivity contribution < 1.29 is 4.39 Å². The number of hydrogen-bond acceptors (Lipinski definition) is 4. The van der Waals surface area contributed by atoms with E-state index in [1.54, 1.807) is 18.6 Å². The van der Waals surface area contributed by atoms with E-state index in [9.17, 15) is 4.39 Å². The highest BCUT2D eigenvalue weighted by Crippen LogP contribution is 2.24. The van der Waals surface area contributed by atoms with Crippen LogP contribution in [0.1, 0.15) is 26.0 Å². The molecule has 0 aromatic carbocycles. The molecule has 1 heterocycles. The molecule has 0 aliphatic heterocycles. The predicted octanol–water partition coefficient (Wildman–Crippen LogP) is 3.38. The largest absolute Gasteiger partial charge is 0.261 e. The molecule has 0 saturated heterocycles. The van der Waals surface area contributed by atoms with Crippen LogP contribution < -0.4 is 4.72 Å². The summed E-state index contributed by atoms with van der Waals surface area (Å²) in [6.45, 7) is 3.95. The third-order valence-corrected chi connectivity index (χ3v) is 2.81. The van der Waals surface area contributed by atoms with Crippen LogP contribution in [0.2, 0.25) is 0 Å². The highest BCUT2D eigenvalue weighted by atomic mass is 32.2. The molecule has 1 aromatic heterocycles. The molecular formula is C13H18FN3S. The van der Waals surface area contributed by atoms with Crippen molar-refractivity contribution in [2.24, 2.45) is 0 Å². The van der Waals surface area contributed by atoms with E-state index >= 15 is 0 Å². The van der Waals surface area contributed by atoms with Crippen molar-refractivity contribution in [1.82, 2.24) is 14.7 Å². The Morgan fingerprint density at radius 1 is 1.50 bits per heavy atom. The molecular weight excluding hydrogens is 249 g/mol. The van der Waals surface area contributed by atoms with Crippen LogP contribution in [-0.4, -0.2) is 22.8 Å². The predicted molar refractivity (Wildman–Crippen MR) is 75.6 cm³/mol. The monoisotopic (exact) mass is 267 g/mol. The van der Waals surface area contributed by atoms with Gasteiger partial charge in [0.25, 0.3) is 0 Å². The van der Waals surface area contributed by atoms with Gasteiger partial charge in [-0.3, -0.25) is 14.7 Å². The van der Waals surface area contributed by atoms with Gasteiger partial charge in [0.1, 0.15) is 5.83 Å². The van der Waals surface area contributed by atoms with Gasteiger partial charge in [-0.1, -0.05) is 24.9 Å². The topological polar surface area (TPSA) is 37.8 Å². The standard InChI is InChI=1S/C13H18FN3S/c1-4-5-11(13-9-15-6-7-16-13)12(10(2)14)8-17-18-3/h5-7,9,17H,4,8H2,1-3H3/b11-5+,12-10+. The average Bonchev–Trinajstić information content (AvgIpc) is 2.38. The second kappa shape index (κ2) is 8.00. The van der Waals surface area contributed by atoms with E-state index in [2.05, 4.69) is 14.7 Å². The molecule has 0 radical (unpaired) electrons. The molecule has 1 N–H and O–H groups in total. The second-order valence-electron chi connectivity index (χ2n) is 3.65. The van der Waals surface area contributed by atoms with Gasteiger partial charge in [0.2, 0.25) is 0 Å². The molecule has 3 nitrogen and oxygen atoms in total. The minimum absolute atomic E-state index is 0.193. The quantitative estimate of drug-likeness (QED) is 0.633. The lowest BCUT2D eigenvalue weighted by molar-refractivity contribution is 0.628. The lowest BCUT2D eigenvalue weighted by Gasteiger charge is -2.12. The van der Waals surface area contributed by atoms with Crippen molar-refractivity contribution in [3.8, 4) is 0 Å². The zero-order valence-corrected chi connectivity index (χ0v) is 11.7. The second-order valence-corrected chi connectivity index (χ2v) is 4.35. The summed E-state index contributed by atoms with van der Waals surface area (Å²) in [5.74, 6) is -0.193. The van der Waals surface area contributed by atoms with Crippen LogP contribution in [0.4, 0.5) is 4.39 Å². The molecule has 98 valence electrons. The number of hydrogen-bond donors (Lipinski definition) is 1. The Morgan fingerprint density at radius 3 is 2.78 bits per heavy atom. The lowest BCUT2D eigenvalue weighted by Crippen LogP contribution is -2.11. The summed E-state index contributed by atoms with van der Waals surface area (Å²) in [5.41, 5.74) is 2.15. The Hall–Kier alpha value is -1.20. The Bertz CT molecular complexity index is 425. The SMILES string of the molecule is CC/C=C(\C(CNSC)=C(/C)F)c1cnccn1. The zero-order valence-electron chi connectivity index (χ0n) is 10.9. The molecule has 0 bridgehead atoms. The minimum Gasteiger partial charge on any atom is -0.261 e. The number of nitrogens with zero attached hydrogens (tertiary/aromatic N) is 2. The first-order valence-electron chi connectivity index (χ1n) is 5.78. The fourth-order valence-electron chi connectivity index (χ4n) is 1.57. The van der Waals surface area contributed by atoms with E-state index in [1.165, 1.54) is 18.9 Å². The summed E-state index contributed by atoms with van der Waals surface area (Å²) in [6, 6.07) is 0. The van der Waals surface area contributed by atoms with Gasteiger partial charge < -0.3 is 0 Å². The molecule has 0 fully saturated rings. The zero-order chi connectivity index (χ0) is 13.4. The molecule has 0 atom stereocenters. The van der Waals surface area contributed by atoms with Crippen molar-refractivity contribution in [2.45, 2.75) is 20.3 Å². The van der Waals surface area contributed by atoms with Crippen LogP contribution in [0.15, 0.2) is 36.1 Å². The van der Waals surface area contributed by atoms with Crippen LogP contribution in [0, 0.1) is 0 Å². The third-order valence-electron chi connectivity index (χ3n) is 2.38. The number of nitrogens with one attached hydrogen (secondary N) is 1. The Balaban J connectivity index is 3.12. The molecule has 0 aliphatic rings. The first kappa shape index (κ1) is 14.9. The number of allylic oxidation sites excluding steroid dienone is 2. The van der Waals surface area contributed by atoms with Gasteiger partial charge in [0, 0.05) is 30.1 Å². The minimum atomic E-state index is -0.193. The molecule has 5 heteroatoms. The van der Waals surface area contributed by atoms with Gasteiger partial charge in [-0.25, -0.2) is 4.39 Å². The van der Waals surface area contributed by atoms with Crippen LogP contribution in [0.5, 0.6) is 0 Å². The Labute approximate surface area is 112 Å². The molecule has 0 aliphatic carbocycles.